The van der Waals surface area contributed by atoms with Crippen LogP contribution >= 0.6 is 0 Å². The van der Waals surface area contributed by atoms with Crippen molar-refractivity contribution in [3.8, 4) is 5.75 Å². The molecule has 2 aromatic carbocycles. The molecule has 1 atom stereocenters. The first-order valence-corrected chi connectivity index (χ1v) is 8.54. The number of benzene rings is 2. The molecule has 6 nitrogen and oxygen atoms in total. The number of methoxy groups -OCH3 is 1. The highest BCUT2D eigenvalue weighted by Gasteiger charge is 2.22. The highest BCUT2D eigenvalue weighted by Crippen LogP contribution is 2.20. The zero-order valence-electron chi connectivity index (χ0n) is 14.9. The van der Waals surface area contributed by atoms with Gasteiger partial charge in [0.15, 0.2) is 0 Å². The lowest BCUT2D eigenvalue weighted by Crippen LogP contribution is -2.44. The molecule has 1 heterocycles. The van der Waals surface area contributed by atoms with Crippen LogP contribution in [0.1, 0.15) is 27.6 Å². The number of nitrogens with zero attached hydrogens (tertiary/aromatic N) is 1. The molecule has 0 bridgehead atoms. The van der Waals surface area contributed by atoms with E-state index in [1.165, 1.54) is 7.11 Å². The standard InChI is InChI=1S/C20H22N2O4/c1-14-13-22(10-11-26-14)20(24)15-6-5-7-16(12-15)21-19(23)17-8-3-4-9-18(17)25-2/h3-9,12,14H,10-11,13H2,1-2H3,(H,21,23). The Bertz CT molecular complexity index is 806. The van der Waals surface area contributed by atoms with Crippen LogP contribution in [0.3, 0.4) is 0 Å². The van der Waals surface area contributed by atoms with Gasteiger partial charge in [-0.1, -0.05) is 18.2 Å². The van der Waals surface area contributed by atoms with Gasteiger partial charge in [0.05, 0.1) is 25.4 Å². The lowest BCUT2D eigenvalue weighted by molar-refractivity contribution is -0.0124. The zero-order valence-corrected chi connectivity index (χ0v) is 14.9. The summed E-state index contributed by atoms with van der Waals surface area (Å²) in [6.45, 7) is 3.62. The van der Waals surface area contributed by atoms with Crippen molar-refractivity contribution in [3.05, 3.63) is 59.7 Å². The van der Waals surface area contributed by atoms with Crippen LogP contribution in [-0.4, -0.2) is 49.6 Å². The average molecular weight is 354 g/mol. The van der Waals surface area contributed by atoms with Gasteiger partial charge in [0.2, 0.25) is 0 Å². The number of carbonyl (C=O) groups is 2. The van der Waals surface area contributed by atoms with E-state index in [9.17, 15) is 9.59 Å². The summed E-state index contributed by atoms with van der Waals surface area (Å²) in [7, 11) is 1.52. The van der Waals surface area contributed by atoms with E-state index in [1.54, 1.807) is 53.4 Å². The number of rotatable bonds is 4. The molecule has 136 valence electrons. The Morgan fingerprint density at radius 2 is 2.00 bits per heavy atom. The molecular formula is C20H22N2O4. The van der Waals surface area contributed by atoms with E-state index >= 15 is 0 Å². The molecule has 0 aromatic heterocycles. The van der Waals surface area contributed by atoms with Crippen LogP contribution in [0.4, 0.5) is 5.69 Å². The van der Waals surface area contributed by atoms with Gasteiger partial charge in [0.25, 0.3) is 11.8 Å². The Balaban J connectivity index is 1.75. The lowest BCUT2D eigenvalue weighted by atomic mass is 10.1. The van der Waals surface area contributed by atoms with Crippen LogP contribution < -0.4 is 10.1 Å². The predicted octanol–water partition coefficient (Wildman–Crippen LogP) is 2.81. The van der Waals surface area contributed by atoms with Crippen molar-refractivity contribution in [2.75, 3.05) is 32.1 Å². The highest BCUT2D eigenvalue weighted by molar-refractivity contribution is 6.06. The van der Waals surface area contributed by atoms with E-state index in [0.717, 1.165) is 0 Å². The number of nitrogens with one attached hydrogen (secondary N) is 1. The topological polar surface area (TPSA) is 67.9 Å². The van der Waals surface area contributed by atoms with Crippen LogP contribution in [0.5, 0.6) is 5.75 Å². The molecule has 0 saturated carbocycles. The number of morpholine rings is 1. The summed E-state index contributed by atoms with van der Waals surface area (Å²) in [6.07, 6.45) is 0.0288. The minimum Gasteiger partial charge on any atom is -0.496 e. The van der Waals surface area contributed by atoms with E-state index in [0.29, 0.717) is 42.3 Å². The predicted molar refractivity (Wildman–Crippen MR) is 98.7 cm³/mol. The Morgan fingerprint density at radius 3 is 2.77 bits per heavy atom. The van der Waals surface area contributed by atoms with Crippen LogP contribution in [0.15, 0.2) is 48.5 Å². The van der Waals surface area contributed by atoms with Crippen molar-refractivity contribution in [2.45, 2.75) is 13.0 Å². The van der Waals surface area contributed by atoms with Crippen molar-refractivity contribution in [3.63, 3.8) is 0 Å². The van der Waals surface area contributed by atoms with Gasteiger partial charge in [-0.15, -0.1) is 0 Å². The van der Waals surface area contributed by atoms with Crippen LogP contribution in [0.25, 0.3) is 0 Å². The second-order valence-electron chi connectivity index (χ2n) is 6.17. The maximum atomic E-state index is 12.7. The van der Waals surface area contributed by atoms with Gasteiger partial charge < -0.3 is 19.7 Å². The van der Waals surface area contributed by atoms with Gasteiger partial charge in [-0.25, -0.2) is 0 Å². The van der Waals surface area contributed by atoms with Gasteiger partial charge in [0.1, 0.15) is 5.75 Å². The summed E-state index contributed by atoms with van der Waals surface area (Å²) in [5.41, 5.74) is 1.54. The quantitative estimate of drug-likeness (QED) is 0.917. The normalized spacial score (nSPS) is 16.8. The third-order valence-corrected chi connectivity index (χ3v) is 4.25. The summed E-state index contributed by atoms with van der Waals surface area (Å²) in [6, 6.07) is 14.0. The maximum Gasteiger partial charge on any atom is 0.259 e. The average Bonchev–Trinajstić information content (AvgIpc) is 2.67. The fourth-order valence-corrected chi connectivity index (χ4v) is 2.95. The number of anilines is 1. The first-order valence-electron chi connectivity index (χ1n) is 8.54. The van der Waals surface area contributed by atoms with Gasteiger partial charge in [-0.3, -0.25) is 9.59 Å². The fourth-order valence-electron chi connectivity index (χ4n) is 2.95. The van der Waals surface area contributed by atoms with Gasteiger partial charge in [-0.05, 0) is 37.3 Å². The van der Waals surface area contributed by atoms with Crippen LogP contribution in [0, 0.1) is 0 Å². The zero-order chi connectivity index (χ0) is 18.5. The largest absolute Gasteiger partial charge is 0.496 e. The Morgan fingerprint density at radius 1 is 1.19 bits per heavy atom. The molecule has 1 aliphatic rings. The van der Waals surface area contributed by atoms with Crippen molar-refractivity contribution in [1.82, 2.24) is 4.90 Å². The van der Waals surface area contributed by atoms with Crippen LogP contribution in [-0.2, 0) is 4.74 Å². The van der Waals surface area contributed by atoms with Crippen molar-refractivity contribution in [1.29, 1.82) is 0 Å². The fraction of sp³-hybridized carbons (Fsp3) is 0.300. The van der Waals surface area contributed by atoms with E-state index in [-0.39, 0.29) is 17.9 Å². The van der Waals surface area contributed by atoms with E-state index in [4.69, 9.17) is 9.47 Å². The third kappa shape index (κ3) is 4.03. The summed E-state index contributed by atoms with van der Waals surface area (Å²) in [5.74, 6) is 0.153. The monoisotopic (exact) mass is 354 g/mol. The Labute approximate surface area is 152 Å². The number of hydrogen-bond acceptors (Lipinski definition) is 4. The second-order valence-corrected chi connectivity index (χ2v) is 6.17. The van der Waals surface area contributed by atoms with Gasteiger partial charge in [-0.2, -0.15) is 0 Å². The minimum absolute atomic E-state index is 0.0288. The Hall–Kier alpha value is -2.86. The third-order valence-electron chi connectivity index (χ3n) is 4.25. The molecule has 0 radical (unpaired) electrons. The summed E-state index contributed by atoms with van der Waals surface area (Å²) in [5, 5.41) is 2.83. The summed E-state index contributed by atoms with van der Waals surface area (Å²) >= 11 is 0. The number of ether oxygens (including phenoxy) is 2. The van der Waals surface area contributed by atoms with E-state index < -0.39 is 0 Å². The van der Waals surface area contributed by atoms with E-state index in [2.05, 4.69) is 5.32 Å². The smallest absolute Gasteiger partial charge is 0.259 e. The molecule has 1 fully saturated rings. The number of para-hydroxylation sites is 1. The number of carbonyl (C=O) groups excluding carboxylic acids is 2. The molecule has 1 saturated heterocycles. The summed E-state index contributed by atoms with van der Waals surface area (Å²) < 4.78 is 10.7. The van der Waals surface area contributed by atoms with E-state index in [1.807, 2.05) is 6.92 Å². The molecule has 0 aliphatic carbocycles. The van der Waals surface area contributed by atoms with Crippen LogP contribution in [0.2, 0.25) is 0 Å². The van der Waals surface area contributed by atoms with Gasteiger partial charge >= 0.3 is 0 Å². The molecule has 1 unspecified atom stereocenters. The first-order chi connectivity index (χ1) is 12.6. The molecule has 6 heteroatoms. The summed E-state index contributed by atoms with van der Waals surface area (Å²) in [4.78, 5) is 27.0. The van der Waals surface area contributed by atoms with Crippen molar-refractivity contribution in [2.24, 2.45) is 0 Å². The maximum absolute atomic E-state index is 12.7. The molecule has 3 rings (SSSR count). The minimum atomic E-state index is -0.285. The number of amides is 2. The second kappa shape index (κ2) is 8.01. The van der Waals surface area contributed by atoms with Gasteiger partial charge in [0, 0.05) is 24.3 Å². The molecule has 1 N–H and O–H groups in total. The molecule has 0 spiro atoms. The highest BCUT2D eigenvalue weighted by atomic mass is 16.5. The van der Waals surface area contributed by atoms with Crippen molar-refractivity contribution < 1.29 is 19.1 Å². The molecule has 26 heavy (non-hydrogen) atoms. The SMILES string of the molecule is COc1ccccc1C(=O)Nc1cccc(C(=O)N2CCOC(C)C2)c1. The Kier molecular flexibility index (Phi) is 5.53. The molecule has 2 amide bonds. The molecular weight excluding hydrogens is 332 g/mol. The number of hydrogen-bond donors (Lipinski definition) is 1. The first kappa shape index (κ1) is 17.9. The lowest BCUT2D eigenvalue weighted by Gasteiger charge is -2.31. The van der Waals surface area contributed by atoms with Crippen molar-refractivity contribution >= 4 is 17.5 Å². The molecule has 1 aliphatic heterocycles. The molecule has 2 aromatic rings.